The van der Waals surface area contributed by atoms with Crippen molar-refractivity contribution in [3.63, 3.8) is 0 Å². The predicted molar refractivity (Wildman–Crippen MR) is 61.4 cm³/mol. The smallest absolute Gasteiger partial charge is 0.374 e. The van der Waals surface area contributed by atoms with Crippen molar-refractivity contribution in [2.75, 3.05) is 7.11 Å². The Kier molecular flexibility index (Phi) is 3.60. The first-order chi connectivity index (χ1) is 6.90. The molecular formula is C11H15BrO3. The van der Waals surface area contributed by atoms with Crippen molar-refractivity contribution >= 4 is 21.9 Å². The normalized spacial score (nSPS) is 11.5. The van der Waals surface area contributed by atoms with Gasteiger partial charge in [-0.2, -0.15) is 0 Å². The molecule has 0 fully saturated rings. The van der Waals surface area contributed by atoms with Crippen molar-refractivity contribution in [1.29, 1.82) is 0 Å². The average molecular weight is 275 g/mol. The lowest BCUT2D eigenvalue weighted by atomic mass is 9.93. The summed E-state index contributed by atoms with van der Waals surface area (Å²) in [6.45, 7) is 6.10. The Morgan fingerprint density at radius 2 is 2.13 bits per heavy atom. The lowest BCUT2D eigenvalue weighted by Gasteiger charge is -2.13. The van der Waals surface area contributed by atoms with E-state index in [0.29, 0.717) is 11.1 Å². The summed E-state index contributed by atoms with van der Waals surface area (Å²) in [5.41, 5.74) is 0.718. The van der Waals surface area contributed by atoms with Gasteiger partial charge in [-0.15, -0.1) is 0 Å². The van der Waals surface area contributed by atoms with E-state index in [-0.39, 0.29) is 5.41 Å². The minimum atomic E-state index is -0.431. The standard InChI is InChI=1S/C11H15BrO3/c1-11(2,3)8-5-7(6-12)9(15-8)10(13)14-4/h5H,6H2,1-4H3. The fourth-order valence-corrected chi connectivity index (χ4v) is 1.58. The number of carbonyl (C=O) groups is 1. The highest BCUT2D eigenvalue weighted by Gasteiger charge is 2.24. The van der Waals surface area contributed by atoms with Gasteiger partial charge in [-0.25, -0.2) is 4.79 Å². The summed E-state index contributed by atoms with van der Waals surface area (Å²) in [4.78, 5) is 11.4. The molecule has 0 N–H and O–H groups in total. The Balaban J connectivity index is 3.17. The van der Waals surface area contributed by atoms with Gasteiger partial charge in [0.2, 0.25) is 5.76 Å². The maximum absolute atomic E-state index is 11.4. The zero-order valence-corrected chi connectivity index (χ0v) is 11.0. The number of hydrogen-bond donors (Lipinski definition) is 0. The van der Waals surface area contributed by atoms with E-state index < -0.39 is 5.97 Å². The Labute approximate surface area is 97.9 Å². The van der Waals surface area contributed by atoms with E-state index in [2.05, 4.69) is 20.7 Å². The van der Waals surface area contributed by atoms with Crippen LogP contribution < -0.4 is 0 Å². The molecule has 0 aliphatic carbocycles. The minimum absolute atomic E-state index is 0.108. The fraction of sp³-hybridized carbons (Fsp3) is 0.545. The van der Waals surface area contributed by atoms with Crippen LogP contribution in [0.3, 0.4) is 0 Å². The van der Waals surface area contributed by atoms with Gasteiger partial charge < -0.3 is 9.15 Å². The lowest BCUT2D eigenvalue weighted by Crippen LogP contribution is -2.09. The van der Waals surface area contributed by atoms with Gasteiger partial charge in [0.1, 0.15) is 5.76 Å². The summed E-state index contributed by atoms with van der Waals surface area (Å²) >= 11 is 3.32. The van der Waals surface area contributed by atoms with Crippen LogP contribution >= 0.6 is 15.9 Å². The third kappa shape index (κ3) is 2.62. The van der Waals surface area contributed by atoms with Crippen molar-refractivity contribution in [2.24, 2.45) is 0 Å². The van der Waals surface area contributed by atoms with Gasteiger partial charge >= 0.3 is 5.97 Å². The SMILES string of the molecule is COC(=O)c1oc(C(C)(C)C)cc1CBr. The number of methoxy groups -OCH3 is 1. The van der Waals surface area contributed by atoms with Gasteiger partial charge in [0.15, 0.2) is 0 Å². The zero-order valence-electron chi connectivity index (χ0n) is 9.39. The van der Waals surface area contributed by atoms with E-state index in [1.807, 2.05) is 26.8 Å². The maximum Gasteiger partial charge on any atom is 0.374 e. The summed E-state index contributed by atoms with van der Waals surface area (Å²) in [6, 6.07) is 1.89. The molecular weight excluding hydrogens is 260 g/mol. The first-order valence-electron chi connectivity index (χ1n) is 4.67. The Hall–Kier alpha value is -0.770. The molecule has 0 aromatic carbocycles. The van der Waals surface area contributed by atoms with Crippen LogP contribution in [0.5, 0.6) is 0 Å². The molecule has 1 heterocycles. The predicted octanol–water partition coefficient (Wildman–Crippen LogP) is 3.26. The van der Waals surface area contributed by atoms with Gasteiger partial charge in [-0.3, -0.25) is 0 Å². The van der Waals surface area contributed by atoms with Crippen molar-refractivity contribution in [3.05, 3.63) is 23.2 Å². The molecule has 0 unspecified atom stereocenters. The van der Waals surface area contributed by atoms with Crippen molar-refractivity contribution < 1.29 is 13.9 Å². The largest absolute Gasteiger partial charge is 0.463 e. The molecule has 0 amide bonds. The highest BCUT2D eigenvalue weighted by Crippen LogP contribution is 2.28. The van der Waals surface area contributed by atoms with Gasteiger partial charge in [0, 0.05) is 16.3 Å². The molecule has 0 atom stereocenters. The van der Waals surface area contributed by atoms with Crippen LogP contribution in [-0.4, -0.2) is 13.1 Å². The number of rotatable bonds is 2. The lowest BCUT2D eigenvalue weighted by molar-refractivity contribution is 0.0560. The van der Waals surface area contributed by atoms with Gasteiger partial charge in [-0.05, 0) is 6.07 Å². The molecule has 0 saturated heterocycles. The second-order valence-corrected chi connectivity index (χ2v) is 4.90. The van der Waals surface area contributed by atoms with E-state index >= 15 is 0 Å². The Morgan fingerprint density at radius 1 is 1.53 bits per heavy atom. The molecule has 0 aliphatic rings. The number of alkyl halides is 1. The van der Waals surface area contributed by atoms with Crippen molar-refractivity contribution in [2.45, 2.75) is 31.5 Å². The third-order valence-electron chi connectivity index (χ3n) is 2.06. The Morgan fingerprint density at radius 3 is 2.53 bits per heavy atom. The quantitative estimate of drug-likeness (QED) is 0.614. The average Bonchev–Trinajstić information content (AvgIpc) is 2.59. The van der Waals surface area contributed by atoms with Crippen molar-refractivity contribution in [3.8, 4) is 0 Å². The first kappa shape index (κ1) is 12.3. The van der Waals surface area contributed by atoms with Gasteiger partial charge in [0.05, 0.1) is 7.11 Å². The summed E-state index contributed by atoms with van der Waals surface area (Å²) in [5, 5.41) is 0.580. The molecule has 1 rings (SSSR count). The summed E-state index contributed by atoms with van der Waals surface area (Å²) in [6.07, 6.45) is 0. The second kappa shape index (κ2) is 4.39. The summed E-state index contributed by atoms with van der Waals surface area (Å²) in [5.74, 6) is 0.650. The molecule has 0 saturated carbocycles. The highest BCUT2D eigenvalue weighted by atomic mass is 79.9. The molecule has 0 radical (unpaired) electrons. The van der Waals surface area contributed by atoms with Crippen LogP contribution in [-0.2, 0) is 15.5 Å². The monoisotopic (exact) mass is 274 g/mol. The number of halogens is 1. The zero-order chi connectivity index (χ0) is 11.6. The number of furan rings is 1. The summed E-state index contributed by atoms with van der Waals surface area (Å²) < 4.78 is 10.2. The molecule has 0 spiro atoms. The van der Waals surface area contributed by atoms with Crippen LogP contribution in [0.2, 0.25) is 0 Å². The molecule has 4 heteroatoms. The minimum Gasteiger partial charge on any atom is -0.463 e. The molecule has 0 bridgehead atoms. The van der Waals surface area contributed by atoms with E-state index in [9.17, 15) is 4.79 Å². The van der Waals surface area contributed by atoms with E-state index in [1.165, 1.54) is 7.11 Å². The van der Waals surface area contributed by atoms with E-state index in [0.717, 1.165) is 11.3 Å². The Bertz CT molecular complexity index is 360. The van der Waals surface area contributed by atoms with Crippen LogP contribution in [0.15, 0.2) is 10.5 Å². The number of ether oxygens (including phenoxy) is 1. The van der Waals surface area contributed by atoms with E-state index in [1.54, 1.807) is 0 Å². The second-order valence-electron chi connectivity index (χ2n) is 4.34. The third-order valence-corrected chi connectivity index (χ3v) is 2.67. The van der Waals surface area contributed by atoms with Crippen LogP contribution in [0.25, 0.3) is 0 Å². The fourth-order valence-electron chi connectivity index (χ4n) is 1.16. The maximum atomic E-state index is 11.4. The van der Waals surface area contributed by atoms with Gasteiger partial charge in [-0.1, -0.05) is 36.7 Å². The molecule has 1 aromatic heterocycles. The van der Waals surface area contributed by atoms with Gasteiger partial charge in [0.25, 0.3) is 0 Å². The number of hydrogen-bond acceptors (Lipinski definition) is 3. The molecule has 3 nitrogen and oxygen atoms in total. The molecule has 0 aliphatic heterocycles. The topological polar surface area (TPSA) is 39.4 Å². The number of carbonyl (C=O) groups excluding carboxylic acids is 1. The summed E-state index contributed by atoms with van der Waals surface area (Å²) in [7, 11) is 1.35. The highest BCUT2D eigenvalue weighted by molar-refractivity contribution is 9.08. The molecule has 84 valence electrons. The first-order valence-corrected chi connectivity index (χ1v) is 5.79. The van der Waals surface area contributed by atoms with Crippen LogP contribution in [0, 0.1) is 0 Å². The molecule has 1 aromatic rings. The van der Waals surface area contributed by atoms with Crippen molar-refractivity contribution in [1.82, 2.24) is 0 Å². The van der Waals surface area contributed by atoms with Crippen LogP contribution in [0.4, 0.5) is 0 Å². The molecule has 15 heavy (non-hydrogen) atoms. The number of esters is 1. The van der Waals surface area contributed by atoms with Crippen LogP contribution in [0.1, 0.15) is 42.6 Å². The van der Waals surface area contributed by atoms with E-state index in [4.69, 9.17) is 4.42 Å².